The van der Waals surface area contributed by atoms with E-state index in [0.29, 0.717) is 21.9 Å². The van der Waals surface area contributed by atoms with Gasteiger partial charge in [0.1, 0.15) is 5.75 Å². The smallest absolute Gasteiger partial charge is 0.341 e. The minimum Gasteiger partial charge on any atom is -0.481 e. The van der Waals surface area contributed by atoms with Gasteiger partial charge in [-0.1, -0.05) is 43.4 Å². The Morgan fingerprint density at radius 2 is 1.82 bits per heavy atom. The highest BCUT2D eigenvalue weighted by molar-refractivity contribution is 7.91. The second-order valence-electron chi connectivity index (χ2n) is 6.72. The van der Waals surface area contributed by atoms with Crippen LogP contribution in [0.1, 0.15) is 30.5 Å². The summed E-state index contributed by atoms with van der Waals surface area (Å²) in [4.78, 5) is 11.0. The molecule has 0 saturated carbocycles. The molecule has 0 radical (unpaired) electrons. The molecule has 0 heterocycles. The van der Waals surface area contributed by atoms with Crippen LogP contribution in [0, 0.1) is 24.7 Å². The van der Waals surface area contributed by atoms with Gasteiger partial charge in [-0.15, -0.1) is 0 Å². The van der Waals surface area contributed by atoms with Crippen LogP contribution in [-0.4, -0.2) is 31.9 Å². The van der Waals surface area contributed by atoms with Gasteiger partial charge in [-0.25, -0.2) is 13.2 Å². The van der Waals surface area contributed by atoms with Crippen LogP contribution >= 0.6 is 11.6 Å². The summed E-state index contributed by atoms with van der Waals surface area (Å²) in [6, 6.07) is 9.55. The van der Waals surface area contributed by atoms with Crippen LogP contribution in [0.4, 0.5) is 0 Å². The standard InChI is InChI=1S/C21H21ClO5S/c1-14(2)13-28(25,26)19-8-4-15(3)16(11-19)5-6-17-10-18(22)7-9-20(17)27-12-21(23)24/h4,7-11,14H,12-13H2,1-3H3,(H,23,24). The topological polar surface area (TPSA) is 80.7 Å². The van der Waals surface area contributed by atoms with Crippen molar-refractivity contribution >= 4 is 27.4 Å². The molecule has 0 amide bonds. The zero-order valence-electron chi connectivity index (χ0n) is 15.8. The third kappa shape index (κ3) is 6.01. The Morgan fingerprint density at radius 3 is 2.46 bits per heavy atom. The van der Waals surface area contributed by atoms with Crippen molar-refractivity contribution < 1.29 is 23.1 Å². The molecule has 0 fully saturated rings. The lowest BCUT2D eigenvalue weighted by Crippen LogP contribution is -2.12. The van der Waals surface area contributed by atoms with Crippen LogP contribution in [0.2, 0.25) is 5.02 Å². The Morgan fingerprint density at radius 1 is 1.14 bits per heavy atom. The zero-order chi connectivity index (χ0) is 20.9. The van der Waals surface area contributed by atoms with Gasteiger partial charge in [0.15, 0.2) is 16.4 Å². The minimum absolute atomic E-state index is 0.0150. The number of aryl methyl sites for hydroxylation is 1. The molecule has 0 unspecified atom stereocenters. The maximum absolute atomic E-state index is 12.5. The second-order valence-corrected chi connectivity index (χ2v) is 9.20. The highest BCUT2D eigenvalue weighted by atomic mass is 35.5. The summed E-state index contributed by atoms with van der Waals surface area (Å²) in [6.07, 6.45) is 0. The van der Waals surface area contributed by atoms with Gasteiger partial charge in [0.05, 0.1) is 16.2 Å². The predicted molar refractivity (Wildman–Crippen MR) is 109 cm³/mol. The summed E-state index contributed by atoms with van der Waals surface area (Å²) >= 11 is 6.01. The summed E-state index contributed by atoms with van der Waals surface area (Å²) < 4.78 is 30.2. The lowest BCUT2D eigenvalue weighted by atomic mass is 10.1. The van der Waals surface area contributed by atoms with Crippen molar-refractivity contribution in [2.45, 2.75) is 25.7 Å². The van der Waals surface area contributed by atoms with E-state index in [0.717, 1.165) is 5.56 Å². The Labute approximate surface area is 170 Å². The minimum atomic E-state index is -3.39. The molecule has 0 aromatic heterocycles. The van der Waals surface area contributed by atoms with Gasteiger partial charge in [0.25, 0.3) is 0 Å². The number of halogens is 1. The Bertz CT molecular complexity index is 1050. The summed E-state index contributed by atoms with van der Waals surface area (Å²) in [5, 5.41) is 9.22. The molecule has 5 nitrogen and oxygen atoms in total. The van der Waals surface area contributed by atoms with E-state index in [-0.39, 0.29) is 16.6 Å². The van der Waals surface area contributed by atoms with E-state index < -0.39 is 22.4 Å². The van der Waals surface area contributed by atoms with Gasteiger partial charge in [-0.05, 0) is 48.7 Å². The van der Waals surface area contributed by atoms with Crippen LogP contribution in [0.3, 0.4) is 0 Å². The monoisotopic (exact) mass is 420 g/mol. The van der Waals surface area contributed by atoms with Gasteiger partial charge in [-0.2, -0.15) is 0 Å². The lowest BCUT2D eigenvalue weighted by Gasteiger charge is -2.09. The number of carboxylic acid groups (broad SMARTS) is 1. The molecule has 0 aliphatic carbocycles. The molecule has 0 aliphatic rings. The number of aliphatic carboxylic acids is 1. The zero-order valence-corrected chi connectivity index (χ0v) is 17.4. The van der Waals surface area contributed by atoms with Crippen LogP contribution in [-0.2, 0) is 14.6 Å². The Kier molecular flexibility index (Phi) is 7.11. The fraction of sp³-hybridized carbons (Fsp3) is 0.286. The molecule has 28 heavy (non-hydrogen) atoms. The van der Waals surface area contributed by atoms with Gasteiger partial charge in [0, 0.05) is 10.6 Å². The number of hydrogen-bond donors (Lipinski definition) is 1. The summed E-state index contributed by atoms with van der Waals surface area (Å²) in [7, 11) is -3.39. The molecule has 148 valence electrons. The number of rotatable bonds is 6. The van der Waals surface area contributed by atoms with Gasteiger partial charge in [-0.3, -0.25) is 0 Å². The van der Waals surface area contributed by atoms with Gasteiger partial charge < -0.3 is 9.84 Å². The maximum Gasteiger partial charge on any atom is 0.341 e. The first-order valence-corrected chi connectivity index (χ1v) is 10.6. The van der Waals surface area contributed by atoms with E-state index in [1.807, 2.05) is 20.8 Å². The molecule has 0 aliphatic heterocycles. The van der Waals surface area contributed by atoms with E-state index >= 15 is 0 Å². The first-order valence-electron chi connectivity index (χ1n) is 8.58. The molecule has 2 aromatic carbocycles. The van der Waals surface area contributed by atoms with Crippen molar-refractivity contribution in [1.29, 1.82) is 0 Å². The molecule has 0 spiro atoms. The summed E-state index contributed by atoms with van der Waals surface area (Å²) in [6.45, 7) is 5.04. The number of hydrogen-bond acceptors (Lipinski definition) is 4. The summed E-state index contributed by atoms with van der Waals surface area (Å²) in [5.41, 5.74) is 1.81. The van der Waals surface area contributed by atoms with Crippen molar-refractivity contribution in [2.75, 3.05) is 12.4 Å². The molecule has 1 N–H and O–H groups in total. The fourth-order valence-corrected chi connectivity index (χ4v) is 4.28. The normalized spacial score (nSPS) is 11.0. The number of sulfone groups is 1. The molecular weight excluding hydrogens is 400 g/mol. The Balaban J connectivity index is 2.43. The van der Waals surface area contributed by atoms with Crippen LogP contribution in [0.5, 0.6) is 5.75 Å². The van der Waals surface area contributed by atoms with E-state index in [2.05, 4.69) is 11.8 Å². The number of carbonyl (C=O) groups is 1. The average Bonchev–Trinajstić information content (AvgIpc) is 2.58. The highest BCUT2D eigenvalue weighted by Gasteiger charge is 2.17. The van der Waals surface area contributed by atoms with E-state index in [1.165, 1.54) is 0 Å². The van der Waals surface area contributed by atoms with Gasteiger partial charge >= 0.3 is 5.97 Å². The van der Waals surface area contributed by atoms with E-state index in [4.69, 9.17) is 21.4 Å². The molecule has 2 aromatic rings. The molecule has 0 saturated heterocycles. The third-order valence-corrected chi connectivity index (χ3v) is 6.06. The third-order valence-electron chi connectivity index (χ3n) is 3.75. The molecule has 2 rings (SSSR count). The first-order chi connectivity index (χ1) is 13.1. The largest absolute Gasteiger partial charge is 0.481 e. The second kappa shape index (κ2) is 9.13. The first kappa shape index (κ1) is 21.8. The fourth-order valence-electron chi connectivity index (χ4n) is 2.46. The predicted octanol–water partition coefficient (Wildman–Crippen LogP) is 3.94. The van der Waals surface area contributed by atoms with Crippen molar-refractivity contribution in [1.82, 2.24) is 0 Å². The number of carboxylic acids is 1. The van der Waals surface area contributed by atoms with Crippen molar-refractivity contribution in [3.05, 3.63) is 58.1 Å². The lowest BCUT2D eigenvalue weighted by molar-refractivity contribution is -0.139. The quantitative estimate of drug-likeness (QED) is 0.716. The number of benzene rings is 2. The molecule has 0 atom stereocenters. The van der Waals surface area contributed by atoms with Crippen LogP contribution in [0.25, 0.3) is 0 Å². The summed E-state index contributed by atoms with van der Waals surface area (Å²) in [5.74, 6) is 5.12. The molecule has 0 bridgehead atoms. The molecule has 7 heteroatoms. The highest BCUT2D eigenvalue weighted by Crippen LogP contribution is 2.23. The van der Waals surface area contributed by atoms with Crippen molar-refractivity contribution in [3.63, 3.8) is 0 Å². The Hall–Kier alpha value is -2.49. The van der Waals surface area contributed by atoms with E-state index in [9.17, 15) is 13.2 Å². The van der Waals surface area contributed by atoms with E-state index in [1.54, 1.807) is 36.4 Å². The number of ether oxygens (including phenoxy) is 1. The maximum atomic E-state index is 12.5. The van der Waals surface area contributed by atoms with Crippen LogP contribution < -0.4 is 4.74 Å². The average molecular weight is 421 g/mol. The van der Waals surface area contributed by atoms with Gasteiger partial charge in [0.2, 0.25) is 0 Å². The molecular formula is C21H21ClO5S. The van der Waals surface area contributed by atoms with Crippen molar-refractivity contribution in [3.8, 4) is 17.6 Å². The SMILES string of the molecule is Cc1ccc(S(=O)(=O)CC(C)C)cc1C#Cc1cc(Cl)ccc1OCC(=O)O. The van der Waals surface area contributed by atoms with Crippen molar-refractivity contribution in [2.24, 2.45) is 5.92 Å². The van der Waals surface area contributed by atoms with Crippen LogP contribution in [0.15, 0.2) is 41.3 Å².